The van der Waals surface area contributed by atoms with E-state index in [0.29, 0.717) is 19.6 Å². The third kappa shape index (κ3) is 16.4. The van der Waals surface area contributed by atoms with Crippen molar-refractivity contribution in [1.82, 2.24) is 0 Å². The molecular formula is C72H81N3O13. The summed E-state index contributed by atoms with van der Waals surface area (Å²) in [6.07, 6.45) is -11.1. The fourth-order valence-corrected chi connectivity index (χ4v) is 12.2. The van der Waals surface area contributed by atoms with E-state index in [2.05, 4.69) is 23.9 Å². The first-order chi connectivity index (χ1) is 43.2. The Bertz CT molecular complexity index is 3190. The molecule has 3 saturated heterocycles. The zero-order valence-electron chi connectivity index (χ0n) is 50.5. The SMILES string of the molecule is CCC1OC(OC2C(COCc3ccccc3)OC(OC3C(OCc4ccccc4)C(OCc4ccccc4)C(OCc4ccccc4)C4OC(C)(C)OC34)C(N=[N+]=[N-])C2OCc2ccccc2)C(C)C(OCc2ccccc2)C1OCc1ccccc1. The Hall–Kier alpha value is -6.67. The van der Waals surface area contributed by atoms with Gasteiger partial charge >= 0.3 is 0 Å². The molecule has 0 N–H and O–H groups in total. The summed E-state index contributed by atoms with van der Waals surface area (Å²) in [5.74, 6) is -1.54. The van der Waals surface area contributed by atoms with Gasteiger partial charge in [0.15, 0.2) is 18.4 Å². The van der Waals surface area contributed by atoms with Gasteiger partial charge in [0.1, 0.15) is 67.1 Å². The van der Waals surface area contributed by atoms with Crippen molar-refractivity contribution in [3.63, 3.8) is 0 Å². The number of nitrogens with zero attached hydrogens (tertiary/aromatic N) is 3. The normalized spacial score (nSPS) is 29.2. The van der Waals surface area contributed by atoms with Crippen molar-refractivity contribution in [2.24, 2.45) is 11.0 Å². The largest absolute Gasteiger partial charge is 0.374 e. The van der Waals surface area contributed by atoms with Crippen LogP contribution in [0.15, 0.2) is 217 Å². The predicted molar refractivity (Wildman–Crippen MR) is 329 cm³/mol. The average molecular weight is 1200 g/mol. The monoisotopic (exact) mass is 1200 g/mol. The van der Waals surface area contributed by atoms with Crippen molar-refractivity contribution in [2.45, 2.75) is 178 Å². The van der Waals surface area contributed by atoms with Crippen LogP contribution in [0.5, 0.6) is 0 Å². The van der Waals surface area contributed by atoms with Gasteiger partial charge in [0.2, 0.25) is 0 Å². The van der Waals surface area contributed by atoms with E-state index in [1.165, 1.54) is 0 Å². The Labute approximate surface area is 516 Å². The fourth-order valence-electron chi connectivity index (χ4n) is 12.2. The first-order valence-electron chi connectivity index (χ1n) is 30.8. The molecule has 462 valence electrons. The quantitative estimate of drug-likeness (QED) is 0.0258. The summed E-state index contributed by atoms with van der Waals surface area (Å²) in [7, 11) is 0. The van der Waals surface area contributed by atoms with E-state index >= 15 is 0 Å². The molecule has 0 aromatic heterocycles. The number of ether oxygens (including phenoxy) is 13. The van der Waals surface area contributed by atoms with Gasteiger partial charge in [0.05, 0.1) is 65.1 Å². The van der Waals surface area contributed by atoms with Crippen LogP contribution >= 0.6 is 0 Å². The van der Waals surface area contributed by atoms with Crippen LogP contribution in [0.3, 0.4) is 0 Å². The van der Waals surface area contributed by atoms with Crippen LogP contribution in [-0.4, -0.2) is 104 Å². The van der Waals surface area contributed by atoms with Gasteiger partial charge in [-0.1, -0.05) is 231 Å². The molecular weight excluding hydrogens is 1110 g/mol. The standard InChI is InChI=1S/C72H81N3O13/c1-5-57-61(78-43-52-31-17-8-18-32-52)60(77-42-51-29-15-7-16-30-51)49(2)70(83-57)85-62-58(48-76-41-50-27-13-6-14-28-50)84-71(59(74-75-73)63(62)79-44-53-33-19-9-20-34-53)86-67-65(81-46-55-37-23-11-24-38-55)64(80-45-54-35-21-10-22-36-54)66(68-69(67)88-72(3,4)87-68)82-47-56-39-25-12-26-40-56/h6-40,49,57-71H,5,41-48H2,1-4H3. The summed E-state index contributed by atoms with van der Waals surface area (Å²) in [5.41, 5.74) is 17.5. The highest BCUT2D eigenvalue weighted by atomic mass is 16.8. The molecule has 7 aromatic carbocycles. The summed E-state index contributed by atoms with van der Waals surface area (Å²) in [4.78, 5) is 3.50. The second-order valence-corrected chi connectivity index (χ2v) is 23.4. The fraction of sp³-hybridized carbons (Fsp3) is 0.417. The van der Waals surface area contributed by atoms with Crippen molar-refractivity contribution in [3.05, 3.63) is 262 Å². The van der Waals surface area contributed by atoms with Gasteiger partial charge in [-0.25, -0.2) is 0 Å². The van der Waals surface area contributed by atoms with Crippen LogP contribution in [0.1, 0.15) is 73.1 Å². The molecule has 4 fully saturated rings. The van der Waals surface area contributed by atoms with Crippen LogP contribution in [-0.2, 0) is 108 Å². The Morgan fingerprint density at radius 3 is 1.16 bits per heavy atom. The molecule has 0 spiro atoms. The minimum Gasteiger partial charge on any atom is -0.374 e. The van der Waals surface area contributed by atoms with Crippen LogP contribution in [0, 0.1) is 5.92 Å². The highest BCUT2D eigenvalue weighted by Gasteiger charge is 2.62. The molecule has 88 heavy (non-hydrogen) atoms. The zero-order valence-corrected chi connectivity index (χ0v) is 50.5. The maximum Gasteiger partial charge on any atom is 0.169 e. The van der Waals surface area contributed by atoms with Gasteiger partial charge in [-0.3, -0.25) is 0 Å². The maximum atomic E-state index is 10.8. The third-order valence-corrected chi connectivity index (χ3v) is 16.6. The molecule has 0 bridgehead atoms. The highest BCUT2D eigenvalue weighted by molar-refractivity contribution is 5.20. The summed E-state index contributed by atoms with van der Waals surface area (Å²) < 4.78 is 92.1. The Morgan fingerprint density at radius 1 is 0.398 bits per heavy atom. The van der Waals surface area contributed by atoms with Crippen LogP contribution in [0.4, 0.5) is 0 Å². The number of hydrogen-bond acceptors (Lipinski definition) is 14. The Morgan fingerprint density at radius 2 is 0.739 bits per heavy atom. The lowest BCUT2D eigenvalue weighted by molar-refractivity contribution is -0.358. The van der Waals surface area contributed by atoms with Crippen LogP contribution < -0.4 is 0 Å². The molecule has 16 atom stereocenters. The van der Waals surface area contributed by atoms with Gasteiger partial charge < -0.3 is 61.6 Å². The molecule has 16 nitrogen and oxygen atoms in total. The van der Waals surface area contributed by atoms with Gasteiger partial charge in [0.25, 0.3) is 0 Å². The number of benzene rings is 7. The van der Waals surface area contributed by atoms with Crippen molar-refractivity contribution in [2.75, 3.05) is 6.61 Å². The smallest absolute Gasteiger partial charge is 0.169 e. The molecule has 11 rings (SSSR count). The van der Waals surface area contributed by atoms with Crippen molar-refractivity contribution in [1.29, 1.82) is 0 Å². The molecule has 0 amide bonds. The molecule has 1 aliphatic carbocycles. The van der Waals surface area contributed by atoms with Gasteiger partial charge in [-0.2, -0.15) is 0 Å². The Kier molecular flexibility index (Phi) is 22.3. The summed E-state index contributed by atoms with van der Waals surface area (Å²) in [6, 6.07) is 68.6. The molecule has 0 radical (unpaired) electrons. The second-order valence-electron chi connectivity index (χ2n) is 23.4. The van der Waals surface area contributed by atoms with Gasteiger partial charge in [-0.15, -0.1) is 0 Å². The van der Waals surface area contributed by atoms with Crippen molar-refractivity contribution >= 4 is 0 Å². The lowest BCUT2D eigenvalue weighted by Gasteiger charge is -2.51. The molecule has 16 heteroatoms. The van der Waals surface area contributed by atoms with E-state index in [-0.39, 0.29) is 39.6 Å². The number of azide groups is 1. The van der Waals surface area contributed by atoms with E-state index in [9.17, 15) is 5.53 Å². The van der Waals surface area contributed by atoms with E-state index in [0.717, 1.165) is 38.9 Å². The minimum atomic E-state index is -1.33. The number of rotatable bonds is 28. The molecule has 7 aromatic rings. The first-order valence-corrected chi connectivity index (χ1v) is 30.8. The number of fused-ring (bicyclic) bond motifs is 1. The zero-order chi connectivity index (χ0) is 60.5. The van der Waals surface area contributed by atoms with Crippen LogP contribution in [0.25, 0.3) is 10.4 Å². The topological polar surface area (TPSA) is 169 Å². The number of hydrogen-bond donors (Lipinski definition) is 0. The summed E-state index contributed by atoms with van der Waals surface area (Å²) in [5, 5.41) is 4.56. The third-order valence-electron chi connectivity index (χ3n) is 16.6. The predicted octanol–water partition coefficient (Wildman–Crippen LogP) is 13.2. The molecule has 3 aliphatic heterocycles. The molecule has 16 unspecified atom stereocenters. The van der Waals surface area contributed by atoms with E-state index in [1.54, 1.807) is 0 Å². The van der Waals surface area contributed by atoms with E-state index in [4.69, 9.17) is 61.6 Å². The van der Waals surface area contributed by atoms with Crippen molar-refractivity contribution in [3.8, 4) is 0 Å². The summed E-state index contributed by atoms with van der Waals surface area (Å²) in [6.45, 7) is 9.57. The van der Waals surface area contributed by atoms with Gasteiger partial charge in [0, 0.05) is 10.8 Å². The second kappa shape index (κ2) is 31.2. The molecule has 3 heterocycles. The highest BCUT2D eigenvalue weighted by Crippen LogP contribution is 2.45. The van der Waals surface area contributed by atoms with Crippen LogP contribution in [0.2, 0.25) is 0 Å². The minimum absolute atomic E-state index is 0.00181. The molecule has 4 aliphatic rings. The Balaban J connectivity index is 0.974. The lowest BCUT2D eigenvalue weighted by atomic mass is 9.83. The van der Waals surface area contributed by atoms with Crippen molar-refractivity contribution < 1.29 is 61.6 Å². The molecule has 1 saturated carbocycles. The average Bonchev–Trinajstić information content (AvgIpc) is 1.90. The van der Waals surface area contributed by atoms with Gasteiger partial charge in [-0.05, 0) is 64.7 Å². The van der Waals surface area contributed by atoms with E-state index < -0.39 is 104 Å². The maximum absolute atomic E-state index is 10.8. The van der Waals surface area contributed by atoms with E-state index in [1.807, 2.05) is 226 Å². The summed E-state index contributed by atoms with van der Waals surface area (Å²) >= 11 is 0. The lowest BCUT2D eigenvalue weighted by Crippen LogP contribution is -2.68. The first kappa shape index (κ1) is 62.9.